The van der Waals surface area contributed by atoms with Gasteiger partial charge >= 0.3 is 0 Å². The highest BCUT2D eigenvalue weighted by atomic mass is 19.1. The largest absolute Gasteiger partial charge is 0.316 e. The molecule has 0 aromatic heterocycles. The molecule has 1 nitrogen and oxygen atoms in total. The first-order valence-corrected chi connectivity index (χ1v) is 7.48. The molecular formula is C17H28FN. The van der Waals surface area contributed by atoms with Crippen LogP contribution in [-0.4, -0.2) is 13.1 Å². The average Bonchev–Trinajstić information content (AvgIpc) is 2.38. The Morgan fingerprint density at radius 3 is 2.21 bits per heavy atom. The van der Waals surface area contributed by atoms with E-state index in [0.717, 1.165) is 19.5 Å². The first-order valence-electron chi connectivity index (χ1n) is 7.48. The van der Waals surface area contributed by atoms with E-state index in [1.165, 1.54) is 12.0 Å². The molecule has 0 fully saturated rings. The Bertz CT molecular complexity index is 345. The number of halogens is 1. The Balaban J connectivity index is 2.56. The predicted octanol–water partition coefficient (Wildman–Crippen LogP) is 4.28. The van der Waals surface area contributed by atoms with Crippen molar-refractivity contribution in [3.8, 4) is 0 Å². The van der Waals surface area contributed by atoms with E-state index in [2.05, 4.69) is 33.0 Å². The standard InChI is InChI=1S/C17H28FN/c1-5-14(4)16(12-19-11-13(2)3)10-15-6-8-17(18)9-7-15/h6-9,13-14,16,19H,5,10-12H2,1-4H3. The SMILES string of the molecule is CCC(C)C(CNCC(C)C)Cc1ccc(F)cc1. The fourth-order valence-corrected chi connectivity index (χ4v) is 2.29. The van der Waals surface area contributed by atoms with Gasteiger partial charge in [-0.25, -0.2) is 4.39 Å². The molecule has 0 saturated heterocycles. The molecule has 0 amide bonds. The maximum absolute atomic E-state index is 12.9. The molecule has 0 radical (unpaired) electrons. The van der Waals surface area contributed by atoms with Gasteiger partial charge in [-0.15, -0.1) is 0 Å². The lowest BCUT2D eigenvalue weighted by Crippen LogP contribution is -2.31. The predicted molar refractivity (Wildman–Crippen MR) is 80.8 cm³/mol. The summed E-state index contributed by atoms with van der Waals surface area (Å²) in [6.07, 6.45) is 2.22. The topological polar surface area (TPSA) is 12.0 Å². The van der Waals surface area contributed by atoms with Gasteiger partial charge in [0.05, 0.1) is 0 Å². The van der Waals surface area contributed by atoms with Crippen LogP contribution in [0.3, 0.4) is 0 Å². The van der Waals surface area contributed by atoms with E-state index < -0.39 is 0 Å². The lowest BCUT2D eigenvalue weighted by Gasteiger charge is -2.24. The van der Waals surface area contributed by atoms with Gasteiger partial charge in [0.1, 0.15) is 5.82 Å². The Morgan fingerprint density at radius 1 is 1.05 bits per heavy atom. The third-order valence-electron chi connectivity index (χ3n) is 3.82. The lowest BCUT2D eigenvalue weighted by atomic mass is 9.86. The summed E-state index contributed by atoms with van der Waals surface area (Å²) in [5, 5.41) is 3.56. The van der Waals surface area contributed by atoms with Crippen molar-refractivity contribution in [2.75, 3.05) is 13.1 Å². The summed E-state index contributed by atoms with van der Waals surface area (Å²) < 4.78 is 12.9. The van der Waals surface area contributed by atoms with Crippen molar-refractivity contribution < 1.29 is 4.39 Å². The van der Waals surface area contributed by atoms with Crippen molar-refractivity contribution in [1.29, 1.82) is 0 Å². The first kappa shape index (κ1) is 16.2. The molecule has 19 heavy (non-hydrogen) atoms. The van der Waals surface area contributed by atoms with Gasteiger partial charge in [-0.1, -0.05) is 46.2 Å². The summed E-state index contributed by atoms with van der Waals surface area (Å²) in [5.41, 5.74) is 1.23. The van der Waals surface area contributed by atoms with Gasteiger partial charge in [-0.3, -0.25) is 0 Å². The Hall–Kier alpha value is -0.890. The van der Waals surface area contributed by atoms with E-state index in [1.54, 1.807) is 12.1 Å². The fourth-order valence-electron chi connectivity index (χ4n) is 2.29. The van der Waals surface area contributed by atoms with Crippen LogP contribution in [-0.2, 0) is 6.42 Å². The molecule has 1 aromatic carbocycles. The minimum Gasteiger partial charge on any atom is -0.316 e. The summed E-state index contributed by atoms with van der Waals surface area (Å²) in [5.74, 6) is 1.84. The minimum atomic E-state index is -0.151. The van der Waals surface area contributed by atoms with Crippen molar-refractivity contribution in [3.63, 3.8) is 0 Å². The molecular weight excluding hydrogens is 237 g/mol. The van der Waals surface area contributed by atoms with Crippen molar-refractivity contribution >= 4 is 0 Å². The molecule has 2 heteroatoms. The summed E-state index contributed by atoms with van der Waals surface area (Å²) in [7, 11) is 0. The number of benzene rings is 1. The van der Waals surface area contributed by atoms with E-state index >= 15 is 0 Å². The van der Waals surface area contributed by atoms with Crippen LogP contribution in [0.25, 0.3) is 0 Å². The molecule has 0 heterocycles. The highest BCUT2D eigenvalue weighted by Crippen LogP contribution is 2.20. The highest BCUT2D eigenvalue weighted by Gasteiger charge is 2.16. The molecule has 2 unspecified atom stereocenters. The lowest BCUT2D eigenvalue weighted by molar-refractivity contribution is 0.324. The molecule has 0 spiro atoms. The molecule has 2 atom stereocenters. The Kier molecular flexibility index (Phi) is 7.07. The molecule has 0 aliphatic rings. The summed E-state index contributed by atoms with van der Waals surface area (Å²) in [6, 6.07) is 6.94. The maximum Gasteiger partial charge on any atom is 0.123 e. The van der Waals surface area contributed by atoms with Crippen LogP contribution in [0.2, 0.25) is 0 Å². The van der Waals surface area contributed by atoms with Crippen LogP contribution in [0.15, 0.2) is 24.3 Å². The van der Waals surface area contributed by atoms with Gasteiger partial charge in [0, 0.05) is 0 Å². The van der Waals surface area contributed by atoms with E-state index in [-0.39, 0.29) is 5.82 Å². The number of hydrogen-bond acceptors (Lipinski definition) is 1. The normalized spacial score (nSPS) is 14.6. The van der Waals surface area contributed by atoms with Gasteiger partial charge in [-0.2, -0.15) is 0 Å². The van der Waals surface area contributed by atoms with Gasteiger partial charge < -0.3 is 5.32 Å². The Morgan fingerprint density at radius 2 is 1.68 bits per heavy atom. The summed E-state index contributed by atoms with van der Waals surface area (Å²) >= 11 is 0. The summed E-state index contributed by atoms with van der Waals surface area (Å²) in [6.45, 7) is 11.1. The molecule has 1 aromatic rings. The van der Waals surface area contributed by atoms with Gasteiger partial charge in [0.15, 0.2) is 0 Å². The number of rotatable bonds is 8. The van der Waals surface area contributed by atoms with Crippen molar-refractivity contribution in [2.45, 2.75) is 40.5 Å². The minimum absolute atomic E-state index is 0.151. The maximum atomic E-state index is 12.9. The molecule has 0 saturated carbocycles. The van der Waals surface area contributed by atoms with Gasteiger partial charge in [0.2, 0.25) is 0 Å². The van der Waals surface area contributed by atoms with Crippen LogP contribution in [0, 0.1) is 23.6 Å². The van der Waals surface area contributed by atoms with Crippen LogP contribution >= 0.6 is 0 Å². The molecule has 0 bridgehead atoms. The fraction of sp³-hybridized carbons (Fsp3) is 0.647. The first-order chi connectivity index (χ1) is 9.02. The molecule has 1 N–H and O–H groups in total. The molecule has 0 aliphatic carbocycles. The second-order valence-electron chi connectivity index (χ2n) is 6.03. The second-order valence-corrected chi connectivity index (χ2v) is 6.03. The van der Waals surface area contributed by atoms with E-state index in [4.69, 9.17) is 0 Å². The third-order valence-corrected chi connectivity index (χ3v) is 3.82. The van der Waals surface area contributed by atoms with Crippen molar-refractivity contribution in [3.05, 3.63) is 35.6 Å². The molecule has 0 aliphatic heterocycles. The molecule has 1 rings (SSSR count). The second kappa shape index (κ2) is 8.31. The van der Waals surface area contributed by atoms with Crippen LogP contribution < -0.4 is 5.32 Å². The average molecular weight is 265 g/mol. The summed E-state index contributed by atoms with van der Waals surface area (Å²) in [4.78, 5) is 0. The van der Waals surface area contributed by atoms with Crippen LogP contribution in [0.5, 0.6) is 0 Å². The number of nitrogens with one attached hydrogen (secondary N) is 1. The van der Waals surface area contributed by atoms with Gasteiger partial charge in [0.25, 0.3) is 0 Å². The highest BCUT2D eigenvalue weighted by molar-refractivity contribution is 5.16. The zero-order valence-electron chi connectivity index (χ0n) is 12.7. The smallest absolute Gasteiger partial charge is 0.123 e. The van der Waals surface area contributed by atoms with Crippen molar-refractivity contribution in [2.24, 2.45) is 17.8 Å². The molecule has 108 valence electrons. The van der Waals surface area contributed by atoms with E-state index in [9.17, 15) is 4.39 Å². The zero-order chi connectivity index (χ0) is 14.3. The van der Waals surface area contributed by atoms with Crippen LogP contribution in [0.1, 0.15) is 39.7 Å². The monoisotopic (exact) mass is 265 g/mol. The quantitative estimate of drug-likeness (QED) is 0.740. The third kappa shape index (κ3) is 6.20. The Labute approximate surface area is 117 Å². The van der Waals surface area contributed by atoms with E-state index in [0.29, 0.717) is 17.8 Å². The van der Waals surface area contributed by atoms with Gasteiger partial charge in [-0.05, 0) is 55.0 Å². The van der Waals surface area contributed by atoms with Crippen LogP contribution in [0.4, 0.5) is 4.39 Å². The van der Waals surface area contributed by atoms with E-state index in [1.807, 2.05) is 12.1 Å². The van der Waals surface area contributed by atoms with Crippen molar-refractivity contribution in [1.82, 2.24) is 5.32 Å². The number of hydrogen-bond donors (Lipinski definition) is 1. The zero-order valence-corrected chi connectivity index (χ0v) is 12.7.